The molecule has 0 aromatic rings. The number of ether oxygens (including phenoxy) is 2. The fourth-order valence-electron chi connectivity index (χ4n) is 8.76. The van der Waals surface area contributed by atoms with Crippen molar-refractivity contribution >= 4 is 19.8 Å². The third-order valence-electron chi connectivity index (χ3n) is 13.0. The standard InChI is InChI=1S/C55H110NO8P/c1-3-5-7-9-11-13-15-16-17-18-19-20-21-22-23-24-25-26-27-28-29-30-31-32-33-34-35-36-37-38-40-42-44-46-48-55(58)64-53(52-63-65(59,60)62-50-49-56)51-61-54(57)47-45-43-41-39-14-12-10-8-6-4-2/h53H,3-52,56H2,1-2H3,(H,59,60). The van der Waals surface area contributed by atoms with Gasteiger partial charge in [0.05, 0.1) is 13.2 Å². The van der Waals surface area contributed by atoms with Gasteiger partial charge in [-0.05, 0) is 12.8 Å². The lowest BCUT2D eigenvalue weighted by atomic mass is 10.0. The third-order valence-corrected chi connectivity index (χ3v) is 14.0. The average molecular weight is 944 g/mol. The van der Waals surface area contributed by atoms with Crippen molar-refractivity contribution in [1.82, 2.24) is 0 Å². The van der Waals surface area contributed by atoms with E-state index in [1.807, 2.05) is 0 Å². The van der Waals surface area contributed by atoms with E-state index < -0.39 is 26.5 Å². The highest BCUT2D eigenvalue weighted by molar-refractivity contribution is 7.47. The first-order chi connectivity index (χ1) is 31.8. The van der Waals surface area contributed by atoms with E-state index in [4.69, 9.17) is 24.3 Å². The van der Waals surface area contributed by atoms with Crippen molar-refractivity contribution in [2.75, 3.05) is 26.4 Å². The van der Waals surface area contributed by atoms with Crippen LogP contribution in [0.15, 0.2) is 0 Å². The van der Waals surface area contributed by atoms with E-state index in [0.717, 1.165) is 32.1 Å². The molecule has 2 atom stereocenters. The molecular formula is C55H110NO8P. The molecule has 0 fully saturated rings. The number of nitrogens with two attached hydrogens (primary N) is 1. The predicted octanol–water partition coefficient (Wildman–Crippen LogP) is 17.5. The van der Waals surface area contributed by atoms with Crippen LogP contribution in [-0.4, -0.2) is 49.3 Å². The third kappa shape index (κ3) is 52.2. The zero-order chi connectivity index (χ0) is 47.4. The highest BCUT2D eigenvalue weighted by Crippen LogP contribution is 2.43. The molecule has 0 saturated heterocycles. The lowest BCUT2D eigenvalue weighted by molar-refractivity contribution is -0.161. The van der Waals surface area contributed by atoms with Gasteiger partial charge in [0.2, 0.25) is 0 Å². The highest BCUT2D eigenvalue weighted by Gasteiger charge is 2.26. The number of phosphoric ester groups is 1. The summed E-state index contributed by atoms with van der Waals surface area (Å²) in [5, 5.41) is 0. The molecule has 0 aliphatic rings. The Kier molecular flexibility index (Phi) is 51.6. The van der Waals surface area contributed by atoms with E-state index in [2.05, 4.69) is 13.8 Å². The molecule has 10 heteroatoms. The van der Waals surface area contributed by atoms with Crippen molar-refractivity contribution in [2.45, 2.75) is 315 Å². The van der Waals surface area contributed by atoms with Crippen molar-refractivity contribution in [3.05, 3.63) is 0 Å². The Bertz CT molecular complexity index is 1030. The minimum atomic E-state index is -4.37. The smallest absolute Gasteiger partial charge is 0.462 e. The van der Waals surface area contributed by atoms with Gasteiger partial charge in [0, 0.05) is 19.4 Å². The molecule has 9 nitrogen and oxygen atoms in total. The fourth-order valence-corrected chi connectivity index (χ4v) is 9.52. The van der Waals surface area contributed by atoms with Crippen LogP contribution in [0.4, 0.5) is 0 Å². The van der Waals surface area contributed by atoms with Crippen LogP contribution in [0.3, 0.4) is 0 Å². The van der Waals surface area contributed by atoms with E-state index >= 15 is 0 Å². The molecular weight excluding hydrogens is 834 g/mol. The quantitative estimate of drug-likeness (QED) is 0.0347. The maximum absolute atomic E-state index is 12.6. The van der Waals surface area contributed by atoms with Gasteiger partial charge in [-0.1, -0.05) is 284 Å². The van der Waals surface area contributed by atoms with Gasteiger partial charge in [0.25, 0.3) is 0 Å². The summed E-state index contributed by atoms with van der Waals surface area (Å²) in [7, 11) is -4.37. The van der Waals surface area contributed by atoms with Crippen molar-refractivity contribution < 1.29 is 37.6 Å². The molecule has 0 aliphatic carbocycles. The Morgan fingerprint density at radius 2 is 0.662 bits per heavy atom. The molecule has 0 aromatic heterocycles. The first-order valence-corrected chi connectivity index (χ1v) is 30.0. The zero-order valence-corrected chi connectivity index (χ0v) is 44.2. The maximum Gasteiger partial charge on any atom is 0.472 e. The summed E-state index contributed by atoms with van der Waals surface area (Å²) in [6, 6.07) is 0. The zero-order valence-electron chi connectivity index (χ0n) is 43.3. The molecule has 0 rings (SSSR count). The Morgan fingerprint density at radius 1 is 0.400 bits per heavy atom. The molecule has 2 unspecified atom stereocenters. The van der Waals surface area contributed by atoms with Gasteiger partial charge < -0.3 is 20.1 Å². The van der Waals surface area contributed by atoms with Gasteiger partial charge >= 0.3 is 19.8 Å². The van der Waals surface area contributed by atoms with Crippen molar-refractivity contribution in [3.8, 4) is 0 Å². The minimum absolute atomic E-state index is 0.0582. The molecule has 0 heterocycles. The van der Waals surface area contributed by atoms with E-state index in [1.165, 1.54) is 244 Å². The number of esters is 2. The number of hydrogen-bond donors (Lipinski definition) is 2. The minimum Gasteiger partial charge on any atom is -0.462 e. The van der Waals surface area contributed by atoms with Gasteiger partial charge in [-0.25, -0.2) is 4.57 Å². The summed E-state index contributed by atoms with van der Waals surface area (Å²) in [5.74, 6) is -0.811. The van der Waals surface area contributed by atoms with Crippen LogP contribution in [0.5, 0.6) is 0 Å². The van der Waals surface area contributed by atoms with Gasteiger partial charge in [-0.2, -0.15) is 0 Å². The predicted molar refractivity (Wildman–Crippen MR) is 275 cm³/mol. The molecule has 0 aromatic carbocycles. The number of phosphoric acid groups is 1. The summed E-state index contributed by atoms with van der Waals surface area (Å²) >= 11 is 0. The molecule has 0 saturated carbocycles. The monoisotopic (exact) mass is 944 g/mol. The van der Waals surface area contributed by atoms with Crippen molar-refractivity contribution in [3.63, 3.8) is 0 Å². The van der Waals surface area contributed by atoms with Crippen LogP contribution < -0.4 is 5.73 Å². The van der Waals surface area contributed by atoms with Crippen LogP contribution in [0, 0.1) is 0 Å². The highest BCUT2D eigenvalue weighted by atomic mass is 31.2. The molecule has 0 amide bonds. The molecule has 0 spiro atoms. The van der Waals surface area contributed by atoms with Crippen LogP contribution in [0.1, 0.15) is 309 Å². The lowest BCUT2D eigenvalue weighted by Crippen LogP contribution is -2.29. The first-order valence-electron chi connectivity index (χ1n) is 28.5. The Balaban J connectivity index is 3.72. The van der Waals surface area contributed by atoms with Crippen LogP contribution >= 0.6 is 7.82 Å². The number of rotatable bonds is 55. The topological polar surface area (TPSA) is 134 Å². The molecule has 3 N–H and O–H groups in total. The maximum atomic E-state index is 12.6. The van der Waals surface area contributed by atoms with Gasteiger partial charge in [-0.15, -0.1) is 0 Å². The van der Waals surface area contributed by atoms with Gasteiger partial charge in [0.1, 0.15) is 6.61 Å². The number of carbonyl (C=O) groups excluding carboxylic acids is 2. The van der Waals surface area contributed by atoms with E-state index in [1.54, 1.807) is 0 Å². The first kappa shape index (κ1) is 64.0. The number of unbranched alkanes of at least 4 members (excludes halogenated alkanes) is 42. The second-order valence-electron chi connectivity index (χ2n) is 19.5. The van der Waals surface area contributed by atoms with E-state index in [9.17, 15) is 19.0 Å². The fraction of sp³-hybridized carbons (Fsp3) is 0.964. The van der Waals surface area contributed by atoms with E-state index in [0.29, 0.717) is 6.42 Å². The molecule has 65 heavy (non-hydrogen) atoms. The molecule has 388 valence electrons. The Labute approximate surface area is 403 Å². The summed E-state index contributed by atoms with van der Waals surface area (Å²) in [5.41, 5.74) is 5.36. The van der Waals surface area contributed by atoms with Crippen molar-refractivity contribution in [2.24, 2.45) is 5.73 Å². The van der Waals surface area contributed by atoms with Crippen LogP contribution in [0.25, 0.3) is 0 Å². The normalized spacial score (nSPS) is 13.0. The summed E-state index contributed by atoms with van der Waals surface area (Å²) in [6.45, 7) is 3.78. The van der Waals surface area contributed by atoms with E-state index in [-0.39, 0.29) is 38.6 Å². The van der Waals surface area contributed by atoms with Gasteiger partial charge in [0.15, 0.2) is 6.10 Å². The SMILES string of the molecule is CCCCCCCCCCCCCCCCCCCCCCCCCCCCCCCCCCCCC(=O)OC(COC(=O)CCCCCCCCCCCC)COP(=O)(O)OCCN. The molecule has 0 bridgehead atoms. The Hall–Kier alpha value is -0.990. The second-order valence-corrected chi connectivity index (χ2v) is 21.0. The average Bonchev–Trinajstić information content (AvgIpc) is 3.30. The Morgan fingerprint density at radius 3 is 0.938 bits per heavy atom. The lowest BCUT2D eigenvalue weighted by Gasteiger charge is -2.19. The van der Waals surface area contributed by atoms with Crippen molar-refractivity contribution in [1.29, 1.82) is 0 Å². The van der Waals surface area contributed by atoms with Gasteiger partial charge in [-0.3, -0.25) is 18.6 Å². The second kappa shape index (κ2) is 52.4. The summed E-state index contributed by atoms with van der Waals surface area (Å²) in [6.07, 6.45) is 57.7. The van der Waals surface area contributed by atoms with Crippen LogP contribution in [-0.2, 0) is 32.7 Å². The number of hydrogen-bond acceptors (Lipinski definition) is 8. The summed E-state index contributed by atoms with van der Waals surface area (Å²) in [4.78, 5) is 34.9. The van der Waals surface area contributed by atoms with Crippen LogP contribution in [0.2, 0.25) is 0 Å². The number of carbonyl (C=O) groups is 2. The molecule has 0 aliphatic heterocycles. The largest absolute Gasteiger partial charge is 0.472 e. The molecule has 0 radical (unpaired) electrons. The summed E-state index contributed by atoms with van der Waals surface area (Å²) < 4.78 is 32.9.